The van der Waals surface area contributed by atoms with E-state index in [9.17, 15) is 14.9 Å². The van der Waals surface area contributed by atoms with Crippen LogP contribution in [0.25, 0.3) is 0 Å². The number of hydrogen-bond donors (Lipinski definition) is 1. The minimum absolute atomic E-state index is 0.0931. The van der Waals surface area contributed by atoms with Crippen LogP contribution < -0.4 is 4.74 Å². The van der Waals surface area contributed by atoms with Gasteiger partial charge >= 0.3 is 17.7 Å². The highest BCUT2D eigenvalue weighted by Gasteiger charge is 2.20. The zero-order valence-corrected chi connectivity index (χ0v) is 12.2. The molecule has 1 aromatic carbocycles. The molecular formula is C12H8BrN3O5. The Labute approximate surface area is 126 Å². The lowest BCUT2D eigenvalue weighted by Gasteiger charge is -2.07. The van der Waals surface area contributed by atoms with E-state index in [1.54, 1.807) is 13.0 Å². The lowest BCUT2D eigenvalue weighted by atomic mass is 10.3. The molecule has 2 aromatic rings. The number of rotatable bonds is 4. The molecule has 0 aliphatic rings. The highest BCUT2D eigenvalue weighted by Crippen LogP contribution is 2.37. The largest absolute Gasteiger partial charge is 0.477 e. The topological polar surface area (TPSA) is 115 Å². The fourth-order valence-electron chi connectivity index (χ4n) is 1.53. The number of aryl methyl sites for hydroxylation is 1. The van der Waals surface area contributed by atoms with Crippen molar-refractivity contribution in [3.05, 3.63) is 50.2 Å². The molecule has 0 saturated carbocycles. The van der Waals surface area contributed by atoms with Crippen LogP contribution in [0.3, 0.4) is 0 Å². The summed E-state index contributed by atoms with van der Waals surface area (Å²) in [7, 11) is 0. The summed E-state index contributed by atoms with van der Waals surface area (Å²) in [5.41, 5.74) is -0.175. The smallest absolute Gasteiger partial charge is 0.354 e. The summed E-state index contributed by atoms with van der Waals surface area (Å²) in [6, 6.07) is 5.28. The third kappa shape index (κ3) is 3.31. The van der Waals surface area contributed by atoms with Crippen LogP contribution in [0.4, 0.5) is 5.69 Å². The Hall–Kier alpha value is -2.55. The third-order valence-corrected chi connectivity index (χ3v) is 3.01. The van der Waals surface area contributed by atoms with Crippen molar-refractivity contribution in [2.24, 2.45) is 0 Å². The Morgan fingerprint density at radius 2 is 2.14 bits per heavy atom. The summed E-state index contributed by atoms with van der Waals surface area (Å²) >= 11 is 3.14. The van der Waals surface area contributed by atoms with Crippen LogP contribution in [0.1, 0.15) is 16.2 Å². The molecule has 8 nitrogen and oxygen atoms in total. The van der Waals surface area contributed by atoms with Gasteiger partial charge in [-0.05, 0) is 35.0 Å². The molecule has 0 saturated heterocycles. The van der Waals surface area contributed by atoms with Crippen LogP contribution in [0.5, 0.6) is 11.8 Å². The van der Waals surface area contributed by atoms with Crippen molar-refractivity contribution in [3.8, 4) is 11.8 Å². The number of hydrogen-bond acceptors (Lipinski definition) is 6. The third-order valence-electron chi connectivity index (χ3n) is 2.39. The van der Waals surface area contributed by atoms with Gasteiger partial charge in [-0.25, -0.2) is 9.78 Å². The Balaban J connectivity index is 2.48. The van der Waals surface area contributed by atoms with E-state index in [1.807, 2.05) is 0 Å². The van der Waals surface area contributed by atoms with Gasteiger partial charge < -0.3 is 9.84 Å². The Bertz CT molecular complexity index is 735. The molecule has 0 amide bonds. The van der Waals surface area contributed by atoms with E-state index in [2.05, 4.69) is 25.9 Å². The van der Waals surface area contributed by atoms with E-state index in [0.29, 0.717) is 10.2 Å². The second-order valence-corrected chi connectivity index (χ2v) is 4.78. The number of para-hydroxylation sites is 1. The zero-order chi connectivity index (χ0) is 15.6. The predicted molar refractivity (Wildman–Crippen MR) is 74.6 cm³/mol. The molecular weight excluding hydrogens is 346 g/mol. The van der Waals surface area contributed by atoms with E-state index < -0.39 is 10.9 Å². The van der Waals surface area contributed by atoms with Crippen molar-refractivity contribution in [2.45, 2.75) is 6.92 Å². The number of nitro groups is 1. The summed E-state index contributed by atoms with van der Waals surface area (Å²) in [5, 5.41) is 19.9. The number of carboxylic acid groups (broad SMARTS) is 1. The lowest BCUT2D eigenvalue weighted by Crippen LogP contribution is -2.05. The normalized spacial score (nSPS) is 10.2. The fraction of sp³-hybridized carbons (Fsp3) is 0.0833. The molecule has 0 spiro atoms. The second-order valence-electron chi connectivity index (χ2n) is 3.93. The molecule has 0 bridgehead atoms. The molecule has 9 heteroatoms. The molecule has 0 unspecified atom stereocenters. The first-order valence-corrected chi connectivity index (χ1v) is 6.37. The lowest BCUT2D eigenvalue weighted by molar-refractivity contribution is -0.385. The van der Waals surface area contributed by atoms with E-state index in [4.69, 9.17) is 9.84 Å². The van der Waals surface area contributed by atoms with Crippen molar-refractivity contribution in [2.75, 3.05) is 0 Å². The van der Waals surface area contributed by atoms with Crippen LogP contribution in [0.15, 0.2) is 28.7 Å². The summed E-state index contributed by atoms with van der Waals surface area (Å²) in [6.45, 7) is 1.56. The first-order chi connectivity index (χ1) is 9.88. The van der Waals surface area contributed by atoms with Crippen molar-refractivity contribution in [1.29, 1.82) is 0 Å². The number of carbonyl (C=O) groups is 1. The fourth-order valence-corrected chi connectivity index (χ4v) is 1.97. The van der Waals surface area contributed by atoms with Gasteiger partial charge in [0, 0.05) is 11.8 Å². The average molecular weight is 354 g/mol. The molecule has 0 atom stereocenters. The molecule has 0 aliphatic heterocycles. The highest BCUT2D eigenvalue weighted by atomic mass is 79.9. The molecule has 0 fully saturated rings. The van der Waals surface area contributed by atoms with Gasteiger partial charge in [-0.3, -0.25) is 10.1 Å². The number of nitrogens with zero attached hydrogens (tertiary/aromatic N) is 3. The van der Waals surface area contributed by atoms with Crippen LogP contribution in [0, 0.1) is 17.0 Å². The number of halogens is 1. The first kappa shape index (κ1) is 14.9. The summed E-state index contributed by atoms with van der Waals surface area (Å²) in [5.74, 6) is -1.34. The Morgan fingerprint density at radius 3 is 2.76 bits per heavy atom. The quantitative estimate of drug-likeness (QED) is 0.663. The number of aromatic nitrogens is 2. The molecule has 0 aliphatic carbocycles. The van der Waals surface area contributed by atoms with Gasteiger partial charge in [0.05, 0.1) is 9.40 Å². The van der Waals surface area contributed by atoms with Crippen molar-refractivity contribution in [1.82, 2.24) is 9.97 Å². The first-order valence-electron chi connectivity index (χ1n) is 5.58. The molecule has 1 N–H and O–H groups in total. The van der Waals surface area contributed by atoms with E-state index in [1.165, 1.54) is 18.2 Å². The number of ether oxygens (including phenoxy) is 1. The maximum absolute atomic E-state index is 11.0. The number of aromatic carboxylic acids is 1. The minimum Gasteiger partial charge on any atom is -0.477 e. The van der Waals surface area contributed by atoms with Crippen molar-refractivity contribution < 1.29 is 19.6 Å². The zero-order valence-electron chi connectivity index (χ0n) is 10.6. The van der Waals surface area contributed by atoms with Gasteiger partial charge in [0.1, 0.15) is 0 Å². The van der Waals surface area contributed by atoms with Crippen molar-refractivity contribution in [3.63, 3.8) is 0 Å². The molecule has 1 aromatic heterocycles. The Kier molecular flexibility index (Phi) is 4.13. The Morgan fingerprint density at radius 1 is 1.43 bits per heavy atom. The van der Waals surface area contributed by atoms with Gasteiger partial charge in [-0.1, -0.05) is 6.07 Å². The van der Waals surface area contributed by atoms with E-state index in [0.717, 1.165) is 0 Å². The van der Waals surface area contributed by atoms with Crippen LogP contribution in [0.2, 0.25) is 0 Å². The standard InChI is InChI=1S/C12H8BrN3O5/c1-6-5-8(11(17)18)15-12(14-6)21-10-7(13)3-2-4-9(10)16(19)20/h2-5H,1H3,(H,17,18). The predicted octanol–water partition coefficient (Wildman–Crippen LogP) is 2.95. The van der Waals surface area contributed by atoms with Crippen molar-refractivity contribution >= 4 is 27.6 Å². The van der Waals surface area contributed by atoms with Gasteiger partial charge in [-0.15, -0.1) is 0 Å². The molecule has 1 heterocycles. The highest BCUT2D eigenvalue weighted by molar-refractivity contribution is 9.10. The van der Waals surface area contributed by atoms with Gasteiger partial charge in [0.2, 0.25) is 5.75 Å². The van der Waals surface area contributed by atoms with Crippen LogP contribution in [-0.4, -0.2) is 26.0 Å². The van der Waals surface area contributed by atoms with E-state index in [-0.39, 0.29) is 23.1 Å². The summed E-state index contributed by atoms with van der Waals surface area (Å²) < 4.78 is 5.63. The number of carboxylic acids is 1. The molecule has 0 radical (unpaired) electrons. The van der Waals surface area contributed by atoms with Gasteiger partial charge in [0.25, 0.3) is 0 Å². The van der Waals surface area contributed by atoms with E-state index >= 15 is 0 Å². The number of benzene rings is 1. The van der Waals surface area contributed by atoms with Crippen LogP contribution in [-0.2, 0) is 0 Å². The maximum Gasteiger partial charge on any atom is 0.354 e. The van der Waals surface area contributed by atoms with Crippen LogP contribution >= 0.6 is 15.9 Å². The molecule has 21 heavy (non-hydrogen) atoms. The summed E-state index contributed by atoms with van der Waals surface area (Å²) in [6.07, 6.45) is 0. The second kappa shape index (κ2) is 5.83. The minimum atomic E-state index is -1.24. The molecule has 2 rings (SSSR count). The van der Waals surface area contributed by atoms with Gasteiger partial charge in [0.15, 0.2) is 5.69 Å². The van der Waals surface area contributed by atoms with Gasteiger partial charge in [-0.2, -0.15) is 4.98 Å². The summed E-state index contributed by atoms with van der Waals surface area (Å²) in [4.78, 5) is 28.9. The monoisotopic (exact) mass is 353 g/mol. The average Bonchev–Trinajstić information content (AvgIpc) is 2.40. The number of nitro benzene ring substituents is 1. The SMILES string of the molecule is Cc1cc(C(=O)O)nc(Oc2c(Br)cccc2[N+](=O)[O-])n1. The maximum atomic E-state index is 11.0. The molecule has 108 valence electrons.